The molecule has 2 aliphatic heterocycles. The maximum atomic E-state index is 12.2. The standard InChI is InChI=1S/C14H24N2O2/c17-14(13-6-3-11-18-13)16-9-7-15(8-10-16)12-4-1-2-5-12/h12-13H,1-11H2. The van der Waals surface area contributed by atoms with E-state index in [-0.39, 0.29) is 12.0 Å². The van der Waals surface area contributed by atoms with Gasteiger partial charge in [0.25, 0.3) is 5.91 Å². The highest BCUT2D eigenvalue weighted by atomic mass is 16.5. The van der Waals surface area contributed by atoms with Crippen LogP contribution >= 0.6 is 0 Å². The number of amides is 1. The van der Waals surface area contributed by atoms with Crippen LogP contribution < -0.4 is 0 Å². The third-order valence-corrected chi connectivity index (χ3v) is 4.67. The first-order chi connectivity index (χ1) is 8.84. The molecule has 4 heteroatoms. The van der Waals surface area contributed by atoms with Gasteiger partial charge < -0.3 is 9.64 Å². The van der Waals surface area contributed by atoms with Crippen molar-refractivity contribution in [3.8, 4) is 0 Å². The van der Waals surface area contributed by atoms with Crippen LogP contribution in [0.3, 0.4) is 0 Å². The van der Waals surface area contributed by atoms with E-state index in [1.807, 2.05) is 4.90 Å². The Morgan fingerprint density at radius 3 is 2.28 bits per heavy atom. The normalized spacial score (nSPS) is 31.1. The van der Waals surface area contributed by atoms with Crippen molar-refractivity contribution in [3.63, 3.8) is 0 Å². The Kier molecular flexibility index (Phi) is 3.85. The Balaban J connectivity index is 1.48. The number of hydrogen-bond donors (Lipinski definition) is 0. The van der Waals surface area contributed by atoms with E-state index >= 15 is 0 Å². The van der Waals surface area contributed by atoms with Crippen LogP contribution in [-0.2, 0) is 9.53 Å². The van der Waals surface area contributed by atoms with Gasteiger partial charge in [0.1, 0.15) is 6.10 Å². The van der Waals surface area contributed by atoms with Gasteiger partial charge in [-0.15, -0.1) is 0 Å². The second-order valence-electron chi connectivity index (χ2n) is 5.80. The molecule has 0 aromatic carbocycles. The van der Waals surface area contributed by atoms with Crippen molar-refractivity contribution in [2.75, 3.05) is 32.8 Å². The molecule has 3 rings (SSSR count). The van der Waals surface area contributed by atoms with Gasteiger partial charge in [0, 0.05) is 38.8 Å². The highest BCUT2D eigenvalue weighted by Gasteiger charge is 2.32. The molecular weight excluding hydrogens is 228 g/mol. The SMILES string of the molecule is O=C(C1CCCO1)N1CCN(C2CCCC2)CC1. The van der Waals surface area contributed by atoms with Crippen molar-refractivity contribution >= 4 is 5.91 Å². The summed E-state index contributed by atoms with van der Waals surface area (Å²) >= 11 is 0. The molecule has 3 aliphatic rings. The summed E-state index contributed by atoms with van der Waals surface area (Å²) in [5.41, 5.74) is 0. The third kappa shape index (κ3) is 2.54. The molecule has 102 valence electrons. The zero-order chi connectivity index (χ0) is 12.4. The molecule has 0 bridgehead atoms. The molecule has 0 radical (unpaired) electrons. The van der Waals surface area contributed by atoms with Gasteiger partial charge in [0.05, 0.1) is 0 Å². The highest BCUT2D eigenvalue weighted by Crippen LogP contribution is 2.24. The minimum absolute atomic E-state index is 0.136. The third-order valence-electron chi connectivity index (χ3n) is 4.67. The van der Waals surface area contributed by atoms with E-state index in [9.17, 15) is 4.79 Å². The molecule has 0 aromatic heterocycles. The van der Waals surface area contributed by atoms with Gasteiger partial charge in [0.15, 0.2) is 0 Å². The molecule has 1 unspecified atom stereocenters. The molecule has 1 amide bonds. The lowest BCUT2D eigenvalue weighted by atomic mass is 10.1. The first kappa shape index (κ1) is 12.4. The van der Waals surface area contributed by atoms with Crippen molar-refractivity contribution in [2.24, 2.45) is 0 Å². The van der Waals surface area contributed by atoms with Gasteiger partial charge in [0.2, 0.25) is 0 Å². The highest BCUT2D eigenvalue weighted by molar-refractivity contribution is 5.81. The Bertz CT molecular complexity index is 288. The average Bonchev–Trinajstić information content (AvgIpc) is 3.11. The van der Waals surface area contributed by atoms with E-state index in [2.05, 4.69) is 4.90 Å². The van der Waals surface area contributed by atoms with Gasteiger partial charge in [-0.05, 0) is 25.7 Å². The zero-order valence-electron chi connectivity index (χ0n) is 11.1. The number of carbonyl (C=O) groups excluding carboxylic acids is 1. The number of nitrogens with zero attached hydrogens (tertiary/aromatic N) is 2. The van der Waals surface area contributed by atoms with Crippen LogP contribution in [0, 0.1) is 0 Å². The zero-order valence-corrected chi connectivity index (χ0v) is 11.1. The van der Waals surface area contributed by atoms with E-state index in [0.29, 0.717) is 0 Å². The summed E-state index contributed by atoms with van der Waals surface area (Å²) in [7, 11) is 0. The van der Waals surface area contributed by atoms with Crippen LogP contribution in [0.5, 0.6) is 0 Å². The maximum absolute atomic E-state index is 12.2. The Morgan fingerprint density at radius 1 is 0.944 bits per heavy atom. The first-order valence-corrected chi connectivity index (χ1v) is 7.49. The molecule has 0 aromatic rings. The second kappa shape index (κ2) is 5.57. The van der Waals surface area contributed by atoms with E-state index in [4.69, 9.17) is 4.74 Å². The lowest BCUT2D eigenvalue weighted by Crippen LogP contribution is -2.53. The predicted octanol–water partition coefficient (Wildman–Crippen LogP) is 1.25. The van der Waals surface area contributed by atoms with Crippen LogP contribution in [0.2, 0.25) is 0 Å². The van der Waals surface area contributed by atoms with Crippen LogP contribution in [0.1, 0.15) is 38.5 Å². The van der Waals surface area contributed by atoms with Crippen LogP contribution in [0.4, 0.5) is 0 Å². The largest absolute Gasteiger partial charge is 0.368 e. The average molecular weight is 252 g/mol. The molecule has 3 fully saturated rings. The minimum atomic E-state index is -0.136. The van der Waals surface area contributed by atoms with Gasteiger partial charge in [-0.2, -0.15) is 0 Å². The van der Waals surface area contributed by atoms with E-state index in [1.165, 1.54) is 25.7 Å². The summed E-state index contributed by atoms with van der Waals surface area (Å²) in [6, 6.07) is 0.796. The maximum Gasteiger partial charge on any atom is 0.251 e. The fraction of sp³-hybridized carbons (Fsp3) is 0.929. The van der Waals surface area contributed by atoms with E-state index in [1.54, 1.807) is 0 Å². The van der Waals surface area contributed by atoms with Crippen molar-refractivity contribution in [1.82, 2.24) is 9.80 Å². The smallest absolute Gasteiger partial charge is 0.251 e. The predicted molar refractivity (Wildman–Crippen MR) is 69.4 cm³/mol. The number of hydrogen-bond acceptors (Lipinski definition) is 3. The molecule has 4 nitrogen and oxygen atoms in total. The summed E-state index contributed by atoms with van der Waals surface area (Å²) in [5.74, 6) is 0.235. The Hall–Kier alpha value is -0.610. The van der Waals surface area contributed by atoms with Gasteiger partial charge in [-0.1, -0.05) is 12.8 Å². The number of rotatable bonds is 2. The molecule has 1 aliphatic carbocycles. The molecular formula is C14H24N2O2. The lowest BCUT2D eigenvalue weighted by Gasteiger charge is -2.38. The topological polar surface area (TPSA) is 32.8 Å². The summed E-state index contributed by atoms with van der Waals surface area (Å²) in [6.07, 6.45) is 7.32. The fourth-order valence-electron chi connectivity index (χ4n) is 3.55. The van der Waals surface area contributed by atoms with Crippen LogP contribution in [-0.4, -0.2) is 60.6 Å². The second-order valence-corrected chi connectivity index (χ2v) is 5.80. The van der Waals surface area contributed by atoms with Crippen molar-refractivity contribution in [1.29, 1.82) is 0 Å². The summed E-state index contributed by atoms with van der Waals surface area (Å²) < 4.78 is 5.49. The summed E-state index contributed by atoms with van der Waals surface area (Å²) in [5, 5.41) is 0. The van der Waals surface area contributed by atoms with Crippen LogP contribution in [0.15, 0.2) is 0 Å². The summed E-state index contributed by atoms with van der Waals surface area (Å²) in [4.78, 5) is 16.8. The number of carbonyl (C=O) groups is 1. The van der Waals surface area contributed by atoms with Crippen molar-refractivity contribution in [2.45, 2.75) is 50.7 Å². The van der Waals surface area contributed by atoms with Gasteiger partial charge in [-0.3, -0.25) is 9.69 Å². The molecule has 2 heterocycles. The Labute approximate surface area is 109 Å². The molecule has 2 saturated heterocycles. The van der Waals surface area contributed by atoms with Gasteiger partial charge in [-0.25, -0.2) is 0 Å². The number of ether oxygens (including phenoxy) is 1. The molecule has 1 atom stereocenters. The quantitative estimate of drug-likeness (QED) is 0.741. The van der Waals surface area contributed by atoms with Crippen LogP contribution in [0.25, 0.3) is 0 Å². The lowest BCUT2D eigenvalue weighted by molar-refractivity contribution is -0.143. The molecule has 18 heavy (non-hydrogen) atoms. The van der Waals surface area contributed by atoms with E-state index < -0.39 is 0 Å². The monoisotopic (exact) mass is 252 g/mol. The van der Waals surface area contributed by atoms with Crippen molar-refractivity contribution in [3.05, 3.63) is 0 Å². The molecule has 0 N–H and O–H groups in total. The van der Waals surface area contributed by atoms with Gasteiger partial charge >= 0.3 is 0 Å². The molecule has 0 spiro atoms. The minimum Gasteiger partial charge on any atom is -0.368 e. The first-order valence-electron chi connectivity index (χ1n) is 7.49. The van der Waals surface area contributed by atoms with E-state index in [0.717, 1.165) is 51.7 Å². The Morgan fingerprint density at radius 2 is 1.67 bits per heavy atom. The summed E-state index contributed by atoms with van der Waals surface area (Å²) in [6.45, 7) is 4.68. The fourth-order valence-corrected chi connectivity index (χ4v) is 3.55. The van der Waals surface area contributed by atoms with Crippen molar-refractivity contribution < 1.29 is 9.53 Å². The number of piperazine rings is 1. The molecule has 1 saturated carbocycles.